The lowest BCUT2D eigenvalue weighted by Gasteiger charge is -2.15. The lowest BCUT2D eigenvalue weighted by molar-refractivity contribution is -0.120. The van der Waals surface area contributed by atoms with Gasteiger partial charge in [0.25, 0.3) is 0 Å². The van der Waals surface area contributed by atoms with E-state index >= 15 is 0 Å². The van der Waals surface area contributed by atoms with Crippen LogP contribution in [0.25, 0.3) is 0 Å². The van der Waals surface area contributed by atoms with E-state index < -0.39 is 12.1 Å². The van der Waals surface area contributed by atoms with Crippen LogP contribution in [0.5, 0.6) is 0 Å². The van der Waals surface area contributed by atoms with Crippen molar-refractivity contribution in [3.63, 3.8) is 0 Å². The summed E-state index contributed by atoms with van der Waals surface area (Å²) < 4.78 is 0. The molecular formula is C14H19N3O2. The van der Waals surface area contributed by atoms with Gasteiger partial charge in [-0.05, 0) is 38.8 Å². The Kier molecular flexibility index (Phi) is 4.04. The molecule has 0 saturated heterocycles. The van der Waals surface area contributed by atoms with Gasteiger partial charge < -0.3 is 10.6 Å². The molecule has 1 aromatic rings. The number of hydrogen-bond donors (Lipinski definition) is 3. The molecule has 5 nitrogen and oxygen atoms in total. The fourth-order valence-electron chi connectivity index (χ4n) is 1.63. The van der Waals surface area contributed by atoms with Crippen molar-refractivity contribution in [2.24, 2.45) is 0 Å². The van der Waals surface area contributed by atoms with Crippen molar-refractivity contribution in [2.45, 2.75) is 38.8 Å². The van der Waals surface area contributed by atoms with E-state index in [1.54, 1.807) is 6.92 Å². The van der Waals surface area contributed by atoms with Crippen LogP contribution in [0.15, 0.2) is 24.3 Å². The standard InChI is InChI=1S/C14H19N3O2/c1-9-3-5-11(6-4-9)15-10(2)13(18)17-14(19)16-12-7-8-12/h3-6,10,12,15H,7-8H2,1-2H3,(H2,16,17,18,19). The summed E-state index contributed by atoms with van der Waals surface area (Å²) in [6, 6.07) is 7.11. The molecule has 1 atom stereocenters. The third kappa shape index (κ3) is 4.28. The molecule has 0 aromatic heterocycles. The van der Waals surface area contributed by atoms with Crippen LogP contribution >= 0.6 is 0 Å². The average molecular weight is 261 g/mol. The highest BCUT2D eigenvalue weighted by atomic mass is 16.2. The molecule has 1 aliphatic carbocycles. The number of carbonyl (C=O) groups is 2. The van der Waals surface area contributed by atoms with E-state index in [9.17, 15) is 9.59 Å². The van der Waals surface area contributed by atoms with Crippen LogP contribution in [-0.4, -0.2) is 24.0 Å². The van der Waals surface area contributed by atoms with Crippen molar-refractivity contribution < 1.29 is 9.59 Å². The molecule has 3 N–H and O–H groups in total. The van der Waals surface area contributed by atoms with Gasteiger partial charge in [-0.15, -0.1) is 0 Å². The molecule has 1 unspecified atom stereocenters. The van der Waals surface area contributed by atoms with Gasteiger partial charge in [0, 0.05) is 11.7 Å². The van der Waals surface area contributed by atoms with Gasteiger partial charge in [-0.3, -0.25) is 10.1 Å². The van der Waals surface area contributed by atoms with Gasteiger partial charge in [0.05, 0.1) is 0 Å². The number of urea groups is 1. The topological polar surface area (TPSA) is 70.2 Å². The number of nitrogens with one attached hydrogen (secondary N) is 3. The van der Waals surface area contributed by atoms with Gasteiger partial charge in [0.15, 0.2) is 0 Å². The zero-order valence-electron chi connectivity index (χ0n) is 11.2. The van der Waals surface area contributed by atoms with E-state index in [-0.39, 0.29) is 11.9 Å². The summed E-state index contributed by atoms with van der Waals surface area (Å²) in [6.45, 7) is 3.72. The average Bonchev–Trinajstić information content (AvgIpc) is 3.15. The van der Waals surface area contributed by atoms with Gasteiger partial charge >= 0.3 is 6.03 Å². The zero-order chi connectivity index (χ0) is 13.8. The fraction of sp³-hybridized carbons (Fsp3) is 0.429. The second kappa shape index (κ2) is 5.73. The normalized spacial score (nSPS) is 15.5. The monoisotopic (exact) mass is 261 g/mol. The van der Waals surface area contributed by atoms with E-state index in [1.165, 1.54) is 0 Å². The van der Waals surface area contributed by atoms with Crippen LogP contribution in [0.3, 0.4) is 0 Å². The molecule has 0 bridgehead atoms. The predicted molar refractivity (Wildman–Crippen MR) is 74.0 cm³/mol. The Morgan fingerprint density at radius 2 is 1.84 bits per heavy atom. The van der Waals surface area contributed by atoms with Gasteiger partial charge in [-0.2, -0.15) is 0 Å². The van der Waals surface area contributed by atoms with Crippen molar-refractivity contribution in [3.8, 4) is 0 Å². The SMILES string of the molecule is Cc1ccc(NC(C)C(=O)NC(=O)NC2CC2)cc1. The molecule has 5 heteroatoms. The number of anilines is 1. The minimum atomic E-state index is -0.465. The molecular weight excluding hydrogens is 242 g/mol. The minimum Gasteiger partial charge on any atom is -0.374 e. The number of hydrogen-bond acceptors (Lipinski definition) is 3. The molecule has 102 valence electrons. The Bertz CT molecular complexity index is 466. The van der Waals surface area contributed by atoms with Crippen LogP contribution in [-0.2, 0) is 4.79 Å². The van der Waals surface area contributed by atoms with Gasteiger partial charge in [0.1, 0.15) is 6.04 Å². The molecule has 1 fully saturated rings. The maximum absolute atomic E-state index is 11.8. The minimum absolute atomic E-state index is 0.244. The second-order valence-corrected chi connectivity index (χ2v) is 4.97. The van der Waals surface area contributed by atoms with Gasteiger partial charge in [-0.1, -0.05) is 17.7 Å². The van der Waals surface area contributed by atoms with E-state index in [2.05, 4.69) is 16.0 Å². The number of carbonyl (C=O) groups excluding carboxylic acids is 2. The van der Waals surface area contributed by atoms with Crippen molar-refractivity contribution in [3.05, 3.63) is 29.8 Å². The quantitative estimate of drug-likeness (QED) is 0.773. The lowest BCUT2D eigenvalue weighted by atomic mass is 10.2. The second-order valence-electron chi connectivity index (χ2n) is 4.97. The highest BCUT2D eigenvalue weighted by Crippen LogP contribution is 2.18. The van der Waals surface area contributed by atoms with Crippen molar-refractivity contribution in [1.82, 2.24) is 10.6 Å². The Balaban J connectivity index is 1.80. The van der Waals surface area contributed by atoms with Crippen LogP contribution in [0.4, 0.5) is 10.5 Å². The maximum Gasteiger partial charge on any atom is 0.321 e. The van der Waals surface area contributed by atoms with Gasteiger partial charge in [0.2, 0.25) is 5.91 Å². The van der Waals surface area contributed by atoms with Gasteiger partial charge in [-0.25, -0.2) is 4.79 Å². The molecule has 19 heavy (non-hydrogen) atoms. The molecule has 0 aliphatic heterocycles. The summed E-state index contributed by atoms with van der Waals surface area (Å²) in [6.07, 6.45) is 2.00. The van der Waals surface area contributed by atoms with Crippen LogP contribution in [0.1, 0.15) is 25.3 Å². The van der Waals surface area contributed by atoms with E-state index in [1.807, 2.05) is 31.2 Å². The third-order valence-electron chi connectivity index (χ3n) is 2.98. The summed E-state index contributed by atoms with van der Waals surface area (Å²) in [5.41, 5.74) is 2.02. The molecule has 1 saturated carbocycles. The first kappa shape index (κ1) is 13.4. The number of aryl methyl sites for hydroxylation is 1. The molecule has 1 aromatic carbocycles. The smallest absolute Gasteiger partial charge is 0.321 e. The largest absolute Gasteiger partial charge is 0.374 e. The Morgan fingerprint density at radius 3 is 2.42 bits per heavy atom. The first-order chi connectivity index (χ1) is 9.04. The first-order valence-electron chi connectivity index (χ1n) is 6.49. The van der Waals surface area contributed by atoms with Crippen molar-refractivity contribution in [2.75, 3.05) is 5.32 Å². The van der Waals surface area contributed by atoms with E-state index in [0.29, 0.717) is 0 Å². The fourth-order valence-corrected chi connectivity index (χ4v) is 1.63. The molecule has 2 rings (SSSR count). The Hall–Kier alpha value is -2.04. The van der Waals surface area contributed by atoms with Crippen molar-refractivity contribution >= 4 is 17.6 Å². The number of amides is 3. The Labute approximate surface area is 112 Å². The van der Waals surface area contributed by atoms with Crippen LogP contribution in [0.2, 0.25) is 0 Å². The lowest BCUT2D eigenvalue weighted by Crippen LogP contribution is -2.46. The molecule has 1 aliphatic rings. The summed E-state index contributed by atoms with van der Waals surface area (Å²) in [7, 11) is 0. The third-order valence-corrected chi connectivity index (χ3v) is 2.98. The maximum atomic E-state index is 11.8. The molecule has 0 spiro atoms. The molecule has 3 amide bonds. The number of rotatable bonds is 4. The predicted octanol–water partition coefficient (Wildman–Crippen LogP) is 1.78. The highest BCUT2D eigenvalue weighted by molar-refractivity contribution is 5.98. The highest BCUT2D eigenvalue weighted by Gasteiger charge is 2.24. The van der Waals surface area contributed by atoms with E-state index in [0.717, 1.165) is 24.1 Å². The first-order valence-corrected chi connectivity index (χ1v) is 6.49. The summed E-state index contributed by atoms with van der Waals surface area (Å²) in [4.78, 5) is 23.2. The molecule has 0 radical (unpaired) electrons. The number of benzene rings is 1. The van der Waals surface area contributed by atoms with Crippen LogP contribution in [0, 0.1) is 6.92 Å². The zero-order valence-corrected chi connectivity index (χ0v) is 11.2. The van der Waals surface area contributed by atoms with Crippen LogP contribution < -0.4 is 16.0 Å². The summed E-state index contributed by atoms with van der Waals surface area (Å²) in [5.74, 6) is -0.335. The Morgan fingerprint density at radius 1 is 1.21 bits per heavy atom. The van der Waals surface area contributed by atoms with E-state index in [4.69, 9.17) is 0 Å². The summed E-state index contributed by atoms with van der Waals surface area (Å²) in [5, 5.41) is 8.09. The summed E-state index contributed by atoms with van der Waals surface area (Å²) >= 11 is 0. The molecule has 0 heterocycles. The van der Waals surface area contributed by atoms with Crippen molar-refractivity contribution in [1.29, 1.82) is 0 Å². The number of imide groups is 1.